The Balaban J connectivity index is 1.38. The second kappa shape index (κ2) is 8.45. The molecule has 6 rings (SSSR count). The molecule has 5 nitrogen and oxygen atoms in total. The highest BCUT2D eigenvalue weighted by atomic mass is 16.5. The first kappa shape index (κ1) is 20.8. The molecule has 4 aliphatic carbocycles. The molecular formula is C27H30N2O3. The van der Waals surface area contributed by atoms with Gasteiger partial charge < -0.3 is 15.4 Å². The summed E-state index contributed by atoms with van der Waals surface area (Å²) >= 11 is 0. The minimum atomic E-state index is -0.526. The van der Waals surface area contributed by atoms with Crippen molar-refractivity contribution in [2.24, 2.45) is 17.8 Å². The highest BCUT2D eigenvalue weighted by Crippen LogP contribution is 2.55. The van der Waals surface area contributed by atoms with Crippen LogP contribution in [0.15, 0.2) is 60.7 Å². The Bertz CT molecular complexity index is 1010. The standard InChI is InChI=1S/C27H30N2O3/c1-32-25-10-6-5-9-22(25)28-23(21-7-3-2-4-8-21)14-24(30)26(31)29-27-15-18-11-19(16-27)13-20(12-18)17-27/h2-10,14,18-20,28H,11-13,15-17H2,1H3,(H,29,31)/b23-14-. The zero-order chi connectivity index (χ0) is 22.1. The predicted octanol–water partition coefficient (Wildman–Crippen LogP) is 4.80. The predicted molar refractivity (Wildman–Crippen MR) is 125 cm³/mol. The molecule has 2 N–H and O–H groups in total. The van der Waals surface area contributed by atoms with Crippen molar-refractivity contribution in [2.45, 2.75) is 44.1 Å². The van der Waals surface area contributed by atoms with Crippen molar-refractivity contribution in [3.05, 3.63) is 66.2 Å². The van der Waals surface area contributed by atoms with Crippen molar-refractivity contribution < 1.29 is 14.3 Å². The minimum absolute atomic E-state index is 0.182. The van der Waals surface area contributed by atoms with Crippen LogP contribution in [0.25, 0.3) is 5.70 Å². The van der Waals surface area contributed by atoms with E-state index < -0.39 is 11.7 Å². The van der Waals surface area contributed by atoms with Gasteiger partial charge in [-0.2, -0.15) is 0 Å². The second-order valence-electron chi connectivity index (χ2n) is 9.77. The Morgan fingerprint density at radius 2 is 1.50 bits per heavy atom. The van der Waals surface area contributed by atoms with E-state index in [2.05, 4.69) is 10.6 Å². The van der Waals surface area contributed by atoms with Crippen LogP contribution in [0.4, 0.5) is 5.69 Å². The van der Waals surface area contributed by atoms with Crippen LogP contribution < -0.4 is 15.4 Å². The van der Waals surface area contributed by atoms with Gasteiger partial charge in [0.2, 0.25) is 5.78 Å². The highest BCUT2D eigenvalue weighted by molar-refractivity contribution is 6.42. The molecule has 4 aliphatic rings. The van der Waals surface area contributed by atoms with Crippen LogP contribution >= 0.6 is 0 Å². The molecule has 0 heterocycles. The van der Waals surface area contributed by atoms with Crippen molar-refractivity contribution in [3.63, 3.8) is 0 Å². The third-order valence-electron chi connectivity index (χ3n) is 7.38. The maximum Gasteiger partial charge on any atom is 0.292 e. The summed E-state index contributed by atoms with van der Waals surface area (Å²) in [6.45, 7) is 0. The summed E-state index contributed by atoms with van der Waals surface area (Å²) in [4.78, 5) is 26.0. The monoisotopic (exact) mass is 430 g/mol. The van der Waals surface area contributed by atoms with Crippen LogP contribution in [-0.2, 0) is 9.59 Å². The number of rotatable bonds is 7. The molecular weight excluding hydrogens is 400 g/mol. The number of para-hydroxylation sites is 2. The molecule has 2 aromatic carbocycles. The lowest BCUT2D eigenvalue weighted by Gasteiger charge is -2.56. The van der Waals surface area contributed by atoms with Crippen LogP contribution in [0.1, 0.15) is 44.1 Å². The number of ether oxygens (including phenoxy) is 1. The summed E-state index contributed by atoms with van der Waals surface area (Å²) < 4.78 is 5.44. The van der Waals surface area contributed by atoms with E-state index in [-0.39, 0.29) is 5.54 Å². The van der Waals surface area contributed by atoms with Gasteiger partial charge in [0.15, 0.2) is 0 Å². The molecule has 0 spiro atoms. The SMILES string of the molecule is COc1ccccc1N/C(=C\C(=O)C(=O)NC12CC3CC(CC(C3)C1)C2)c1ccccc1. The molecule has 2 aromatic rings. The van der Waals surface area contributed by atoms with E-state index in [0.29, 0.717) is 29.2 Å². The van der Waals surface area contributed by atoms with Crippen LogP contribution in [-0.4, -0.2) is 24.3 Å². The number of ketones is 1. The molecule has 0 aromatic heterocycles. The van der Waals surface area contributed by atoms with Gasteiger partial charge in [-0.1, -0.05) is 42.5 Å². The molecule has 0 radical (unpaired) electrons. The Kier molecular flexibility index (Phi) is 5.50. The van der Waals surface area contributed by atoms with Gasteiger partial charge in [-0.25, -0.2) is 0 Å². The van der Waals surface area contributed by atoms with Crippen LogP contribution in [0.2, 0.25) is 0 Å². The largest absolute Gasteiger partial charge is 0.495 e. The number of hydrogen-bond acceptors (Lipinski definition) is 4. The topological polar surface area (TPSA) is 67.4 Å². The van der Waals surface area contributed by atoms with Gasteiger partial charge >= 0.3 is 0 Å². The Morgan fingerprint density at radius 1 is 0.906 bits per heavy atom. The smallest absolute Gasteiger partial charge is 0.292 e. The second-order valence-corrected chi connectivity index (χ2v) is 9.77. The first-order valence-corrected chi connectivity index (χ1v) is 11.6. The average Bonchev–Trinajstić information content (AvgIpc) is 2.78. The average molecular weight is 431 g/mol. The fourth-order valence-corrected chi connectivity index (χ4v) is 6.47. The fourth-order valence-electron chi connectivity index (χ4n) is 6.47. The molecule has 5 heteroatoms. The van der Waals surface area contributed by atoms with Gasteiger partial charge in [0.1, 0.15) is 5.75 Å². The molecule has 4 fully saturated rings. The van der Waals surface area contributed by atoms with Gasteiger partial charge in [-0.3, -0.25) is 9.59 Å². The van der Waals surface area contributed by atoms with Gasteiger partial charge in [0.25, 0.3) is 5.91 Å². The first-order valence-electron chi connectivity index (χ1n) is 11.6. The maximum absolute atomic E-state index is 13.0. The van der Waals surface area contributed by atoms with E-state index >= 15 is 0 Å². The van der Waals surface area contributed by atoms with Crippen LogP contribution in [0, 0.1) is 17.8 Å². The van der Waals surface area contributed by atoms with E-state index in [1.807, 2.05) is 54.6 Å². The number of benzene rings is 2. The molecule has 0 atom stereocenters. The Hall–Kier alpha value is -3.08. The van der Waals surface area contributed by atoms with Crippen LogP contribution in [0.3, 0.4) is 0 Å². The third-order valence-corrected chi connectivity index (χ3v) is 7.38. The van der Waals surface area contributed by atoms with Crippen molar-refractivity contribution in [2.75, 3.05) is 12.4 Å². The molecule has 4 saturated carbocycles. The molecule has 0 aliphatic heterocycles. The molecule has 32 heavy (non-hydrogen) atoms. The number of nitrogens with one attached hydrogen (secondary N) is 2. The van der Waals surface area contributed by atoms with Crippen molar-refractivity contribution in [3.8, 4) is 5.75 Å². The summed E-state index contributed by atoms with van der Waals surface area (Å²) in [5.74, 6) is 1.77. The van der Waals surface area contributed by atoms with E-state index in [1.54, 1.807) is 7.11 Å². The summed E-state index contributed by atoms with van der Waals surface area (Å²) in [6.07, 6.45) is 8.36. The minimum Gasteiger partial charge on any atom is -0.495 e. The van der Waals surface area contributed by atoms with Gasteiger partial charge in [-0.15, -0.1) is 0 Å². The van der Waals surface area contributed by atoms with Crippen molar-refractivity contribution in [1.29, 1.82) is 0 Å². The van der Waals surface area contributed by atoms with Crippen molar-refractivity contribution in [1.82, 2.24) is 5.32 Å². The number of carbonyl (C=O) groups excluding carboxylic acids is 2. The number of hydrogen-bond donors (Lipinski definition) is 2. The summed E-state index contributed by atoms with van der Waals surface area (Å²) in [5.41, 5.74) is 1.95. The zero-order valence-corrected chi connectivity index (χ0v) is 18.5. The normalized spacial score (nSPS) is 28.3. The van der Waals surface area contributed by atoms with Gasteiger partial charge in [0.05, 0.1) is 12.8 Å². The molecule has 0 unspecified atom stereocenters. The summed E-state index contributed by atoms with van der Waals surface area (Å²) in [7, 11) is 1.61. The Morgan fingerprint density at radius 3 is 2.12 bits per heavy atom. The van der Waals surface area contributed by atoms with Crippen molar-refractivity contribution >= 4 is 23.1 Å². The quantitative estimate of drug-likeness (QED) is 0.489. The highest BCUT2D eigenvalue weighted by Gasteiger charge is 2.51. The van der Waals surface area contributed by atoms with E-state index in [9.17, 15) is 9.59 Å². The maximum atomic E-state index is 13.0. The van der Waals surface area contributed by atoms with E-state index in [4.69, 9.17) is 4.74 Å². The zero-order valence-electron chi connectivity index (χ0n) is 18.5. The lowest BCUT2D eigenvalue weighted by Crippen LogP contribution is -2.60. The third kappa shape index (κ3) is 4.16. The molecule has 166 valence electrons. The molecule has 4 bridgehead atoms. The Labute approximate surface area is 189 Å². The number of methoxy groups -OCH3 is 1. The lowest BCUT2D eigenvalue weighted by molar-refractivity contribution is -0.138. The molecule has 0 saturated heterocycles. The fraction of sp³-hybridized carbons (Fsp3) is 0.407. The summed E-state index contributed by atoms with van der Waals surface area (Å²) in [6, 6.07) is 17.1. The summed E-state index contributed by atoms with van der Waals surface area (Å²) in [5, 5.41) is 6.48. The number of carbonyl (C=O) groups is 2. The van der Waals surface area contributed by atoms with Gasteiger partial charge in [-0.05, 0) is 74.0 Å². The van der Waals surface area contributed by atoms with Crippen LogP contribution in [0.5, 0.6) is 5.75 Å². The van der Waals surface area contributed by atoms with Gasteiger partial charge in [0, 0.05) is 17.3 Å². The lowest BCUT2D eigenvalue weighted by atomic mass is 9.53. The first-order chi connectivity index (χ1) is 15.5. The van der Waals surface area contributed by atoms with E-state index in [1.165, 1.54) is 25.3 Å². The number of anilines is 1. The number of amides is 1. The van der Waals surface area contributed by atoms with E-state index in [0.717, 1.165) is 30.5 Å². The molecule has 1 amide bonds.